The Morgan fingerprint density at radius 3 is 2.38 bits per heavy atom. The first kappa shape index (κ1) is 11.2. The van der Waals surface area contributed by atoms with E-state index < -0.39 is 0 Å². The molecule has 3 aliphatic carbocycles. The average Bonchev–Trinajstić information content (AvgIpc) is 2.28. The fourth-order valence-corrected chi connectivity index (χ4v) is 4.98. The van der Waals surface area contributed by atoms with Crippen LogP contribution < -0.4 is 0 Å². The maximum atomic E-state index is 6.41. The van der Waals surface area contributed by atoms with Crippen molar-refractivity contribution in [3.05, 3.63) is 0 Å². The van der Waals surface area contributed by atoms with Gasteiger partial charge >= 0.3 is 0 Å². The number of hydrogen-bond acceptors (Lipinski definition) is 0. The van der Waals surface area contributed by atoms with Crippen molar-refractivity contribution in [1.82, 2.24) is 0 Å². The van der Waals surface area contributed by atoms with Gasteiger partial charge in [-0.2, -0.15) is 0 Å². The third kappa shape index (κ3) is 1.95. The summed E-state index contributed by atoms with van der Waals surface area (Å²) in [7, 11) is 6.41. The molecule has 3 fully saturated rings. The van der Waals surface area contributed by atoms with Gasteiger partial charge in [0.15, 0.2) is 0 Å². The van der Waals surface area contributed by atoms with Crippen molar-refractivity contribution < 1.29 is 0 Å². The minimum atomic E-state index is 0.153. The quantitative estimate of drug-likeness (QED) is 0.528. The van der Waals surface area contributed by atoms with E-state index in [1.54, 1.807) is 0 Å². The van der Waals surface area contributed by atoms with Crippen LogP contribution in [-0.4, -0.2) is 7.85 Å². The molecule has 3 saturated carbocycles. The zero-order valence-corrected chi connectivity index (χ0v) is 10.8. The maximum Gasteiger partial charge on any atom is 0.0742 e. The molecule has 1 heteroatoms. The van der Waals surface area contributed by atoms with Gasteiger partial charge in [-0.1, -0.05) is 50.8 Å². The van der Waals surface area contributed by atoms with Gasteiger partial charge in [-0.05, 0) is 42.9 Å². The second-order valence-electron chi connectivity index (χ2n) is 7.11. The van der Waals surface area contributed by atoms with Gasteiger partial charge in [-0.25, -0.2) is 0 Å². The Balaban J connectivity index is 1.77. The predicted molar refractivity (Wildman–Crippen MR) is 69.6 cm³/mol. The van der Waals surface area contributed by atoms with Crippen molar-refractivity contribution >= 4 is 7.85 Å². The van der Waals surface area contributed by atoms with Crippen molar-refractivity contribution in [3.8, 4) is 0 Å². The predicted octanol–water partition coefficient (Wildman–Crippen LogP) is 4.35. The molecule has 0 aromatic carbocycles. The third-order valence-electron chi connectivity index (χ3n) is 5.82. The molecule has 0 nitrogen and oxygen atoms in total. The van der Waals surface area contributed by atoms with Crippen molar-refractivity contribution in [1.29, 1.82) is 0 Å². The molecule has 0 bridgehead atoms. The summed E-state index contributed by atoms with van der Waals surface area (Å²) in [5, 5.41) is 0.153. The SMILES string of the molecule is [B]C1(C)CCC2CCC3CCCCC3C2C1. The van der Waals surface area contributed by atoms with Gasteiger partial charge in [0, 0.05) is 0 Å². The van der Waals surface area contributed by atoms with Crippen LogP contribution in [0.15, 0.2) is 0 Å². The molecule has 2 radical (unpaired) electrons. The van der Waals surface area contributed by atoms with E-state index in [9.17, 15) is 0 Å². The van der Waals surface area contributed by atoms with Crippen molar-refractivity contribution in [2.45, 2.75) is 70.0 Å². The summed E-state index contributed by atoms with van der Waals surface area (Å²) in [5.41, 5.74) is 0. The molecule has 5 atom stereocenters. The molecule has 0 spiro atoms. The summed E-state index contributed by atoms with van der Waals surface area (Å²) < 4.78 is 0. The standard InChI is InChI=1S/C15H25B/c1-15(16)9-8-12-7-6-11-4-2-3-5-13(11)14(12)10-15/h11-14H,2-10H2,1H3. The van der Waals surface area contributed by atoms with Crippen molar-refractivity contribution in [2.75, 3.05) is 0 Å². The van der Waals surface area contributed by atoms with E-state index in [4.69, 9.17) is 7.85 Å². The van der Waals surface area contributed by atoms with Crippen LogP contribution in [0.5, 0.6) is 0 Å². The molecule has 0 amide bonds. The largest absolute Gasteiger partial charge is 0.0742 e. The van der Waals surface area contributed by atoms with Crippen LogP contribution in [0.4, 0.5) is 0 Å². The highest BCUT2D eigenvalue weighted by Gasteiger charge is 2.44. The maximum absolute atomic E-state index is 6.41. The van der Waals surface area contributed by atoms with E-state index in [-0.39, 0.29) is 5.31 Å². The zero-order chi connectivity index (χ0) is 11.2. The van der Waals surface area contributed by atoms with Crippen LogP contribution in [0, 0.1) is 23.7 Å². The van der Waals surface area contributed by atoms with Gasteiger partial charge in [0.05, 0.1) is 7.85 Å². The van der Waals surface area contributed by atoms with Crippen LogP contribution in [-0.2, 0) is 0 Å². The van der Waals surface area contributed by atoms with Gasteiger partial charge in [-0.3, -0.25) is 0 Å². The Labute approximate surface area is 102 Å². The Morgan fingerprint density at radius 2 is 1.56 bits per heavy atom. The van der Waals surface area contributed by atoms with Gasteiger partial charge < -0.3 is 0 Å². The monoisotopic (exact) mass is 216 g/mol. The van der Waals surface area contributed by atoms with Gasteiger partial charge in [0.2, 0.25) is 0 Å². The summed E-state index contributed by atoms with van der Waals surface area (Å²) in [6.45, 7) is 2.29. The molecule has 5 unspecified atom stereocenters. The molecule has 0 aromatic heterocycles. The van der Waals surface area contributed by atoms with E-state index in [1.807, 2.05) is 0 Å². The summed E-state index contributed by atoms with van der Waals surface area (Å²) in [6.07, 6.45) is 13.1. The molecule has 0 heterocycles. The highest BCUT2D eigenvalue weighted by molar-refractivity contribution is 6.14. The fraction of sp³-hybridized carbons (Fsp3) is 1.00. The van der Waals surface area contributed by atoms with Crippen molar-refractivity contribution in [2.24, 2.45) is 23.7 Å². The Morgan fingerprint density at radius 1 is 0.875 bits per heavy atom. The molecule has 3 rings (SSSR count). The minimum absolute atomic E-state index is 0.153. The molecular formula is C15H25B. The highest BCUT2D eigenvalue weighted by atomic mass is 14.5. The second-order valence-corrected chi connectivity index (χ2v) is 7.11. The van der Waals surface area contributed by atoms with Gasteiger partial charge in [-0.15, -0.1) is 0 Å². The van der Waals surface area contributed by atoms with E-state index in [0.29, 0.717) is 0 Å². The summed E-state index contributed by atoms with van der Waals surface area (Å²) in [6, 6.07) is 0. The van der Waals surface area contributed by atoms with E-state index >= 15 is 0 Å². The van der Waals surface area contributed by atoms with Crippen LogP contribution in [0.3, 0.4) is 0 Å². The molecule has 16 heavy (non-hydrogen) atoms. The van der Waals surface area contributed by atoms with Gasteiger partial charge in [0.25, 0.3) is 0 Å². The summed E-state index contributed by atoms with van der Waals surface area (Å²) >= 11 is 0. The average molecular weight is 216 g/mol. The molecular weight excluding hydrogens is 191 g/mol. The molecule has 0 N–H and O–H groups in total. The second kappa shape index (κ2) is 4.07. The van der Waals surface area contributed by atoms with Gasteiger partial charge in [0.1, 0.15) is 0 Å². The molecule has 0 saturated heterocycles. The lowest BCUT2D eigenvalue weighted by Gasteiger charge is -2.52. The topological polar surface area (TPSA) is 0 Å². The Hall–Kier alpha value is 0.0649. The Bertz CT molecular complexity index is 258. The first-order chi connectivity index (χ1) is 7.66. The highest BCUT2D eigenvalue weighted by Crippen LogP contribution is 2.56. The first-order valence-corrected chi connectivity index (χ1v) is 7.45. The lowest BCUT2D eigenvalue weighted by atomic mass is 9.49. The van der Waals surface area contributed by atoms with E-state index in [1.165, 1.54) is 57.8 Å². The van der Waals surface area contributed by atoms with Crippen LogP contribution in [0.2, 0.25) is 5.31 Å². The smallest absolute Gasteiger partial charge is 0.0685 e. The van der Waals surface area contributed by atoms with Crippen LogP contribution in [0.25, 0.3) is 0 Å². The molecule has 88 valence electrons. The van der Waals surface area contributed by atoms with Crippen molar-refractivity contribution in [3.63, 3.8) is 0 Å². The number of rotatable bonds is 0. The number of hydrogen-bond donors (Lipinski definition) is 0. The van der Waals surface area contributed by atoms with Crippen LogP contribution in [0.1, 0.15) is 64.7 Å². The number of fused-ring (bicyclic) bond motifs is 3. The van der Waals surface area contributed by atoms with E-state index in [0.717, 1.165) is 23.7 Å². The lowest BCUT2D eigenvalue weighted by Crippen LogP contribution is -2.41. The molecule has 0 aromatic rings. The normalized spacial score (nSPS) is 52.8. The zero-order valence-electron chi connectivity index (χ0n) is 10.8. The minimum Gasteiger partial charge on any atom is -0.0685 e. The lowest BCUT2D eigenvalue weighted by molar-refractivity contribution is 0.0165. The fourth-order valence-electron chi connectivity index (χ4n) is 4.98. The third-order valence-corrected chi connectivity index (χ3v) is 5.82. The summed E-state index contributed by atoms with van der Waals surface area (Å²) in [5.74, 6) is 4.15. The molecule has 0 aliphatic heterocycles. The molecule has 3 aliphatic rings. The van der Waals surface area contributed by atoms with Crippen LogP contribution >= 0.6 is 0 Å². The van der Waals surface area contributed by atoms with E-state index in [2.05, 4.69) is 6.92 Å². The summed E-state index contributed by atoms with van der Waals surface area (Å²) in [4.78, 5) is 0. The Kier molecular flexibility index (Phi) is 2.84. The first-order valence-electron chi connectivity index (χ1n) is 7.45.